The molecule has 0 saturated carbocycles. The molecule has 5 rings (SSSR count). The van der Waals surface area contributed by atoms with Crippen LogP contribution in [0.3, 0.4) is 0 Å². The normalized spacial score (nSPS) is 11.2. The molecule has 0 aliphatic carbocycles. The van der Waals surface area contributed by atoms with Crippen LogP contribution in [-0.2, 0) is 0 Å². The van der Waals surface area contributed by atoms with Crippen LogP contribution in [0.1, 0.15) is 0 Å². The second kappa shape index (κ2) is 6.46. The minimum Gasteiger partial charge on any atom is -0.497 e. The molecule has 0 amide bonds. The molecule has 0 N–H and O–H groups in total. The van der Waals surface area contributed by atoms with Gasteiger partial charge in [-0.1, -0.05) is 30.3 Å². The molecule has 0 atom stereocenters. The van der Waals surface area contributed by atoms with E-state index in [9.17, 15) is 4.39 Å². The molecular formula is C23H16FN3O. The third kappa shape index (κ3) is 2.60. The number of halogens is 1. The van der Waals surface area contributed by atoms with Gasteiger partial charge in [0.05, 0.1) is 23.8 Å². The van der Waals surface area contributed by atoms with Gasteiger partial charge in [0.1, 0.15) is 17.3 Å². The van der Waals surface area contributed by atoms with Gasteiger partial charge in [-0.3, -0.25) is 4.98 Å². The molecular weight excluding hydrogens is 353 g/mol. The Balaban J connectivity index is 1.91. The minimum atomic E-state index is -0.281. The lowest BCUT2D eigenvalue weighted by molar-refractivity contribution is 0.415. The number of nitrogens with zero attached hydrogens (tertiary/aromatic N) is 3. The van der Waals surface area contributed by atoms with E-state index in [4.69, 9.17) is 9.84 Å². The van der Waals surface area contributed by atoms with Crippen molar-refractivity contribution < 1.29 is 9.13 Å². The molecule has 136 valence electrons. The maximum Gasteiger partial charge on any atom is 0.123 e. The summed E-state index contributed by atoms with van der Waals surface area (Å²) in [4.78, 5) is 4.62. The fourth-order valence-electron chi connectivity index (χ4n) is 3.47. The van der Waals surface area contributed by atoms with Gasteiger partial charge >= 0.3 is 0 Å². The summed E-state index contributed by atoms with van der Waals surface area (Å²) in [5.41, 5.74) is 4.36. The average Bonchev–Trinajstić information content (AvgIpc) is 3.14. The molecule has 3 aromatic carbocycles. The van der Waals surface area contributed by atoms with E-state index in [0.717, 1.165) is 44.5 Å². The number of rotatable bonds is 3. The SMILES string of the molecule is COc1ccc2ncc3c(-c4ccccc4)nn(-c4ccc(F)cc4)c3c2c1. The summed E-state index contributed by atoms with van der Waals surface area (Å²) in [5, 5.41) is 6.73. The fraction of sp³-hybridized carbons (Fsp3) is 0.0435. The minimum absolute atomic E-state index is 0.281. The van der Waals surface area contributed by atoms with Gasteiger partial charge in [-0.2, -0.15) is 5.10 Å². The van der Waals surface area contributed by atoms with Crippen molar-refractivity contribution in [2.24, 2.45) is 0 Å². The number of methoxy groups -OCH3 is 1. The number of benzene rings is 3. The number of hydrogen-bond donors (Lipinski definition) is 0. The van der Waals surface area contributed by atoms with E-state index in [1.54, 1.807) is 19.2 Å². The Morgan fingerprint density at radius 1 is 0.893 bits per heavy atom. The standard InChI is InChI=1S/C23H16FN3O/c1-28-18-11-12-21-19(13-18)23-20(14-25-21)22(15-5-3-2-4-6-15)26-27(23)17-9-7-16(24)8-10-17/h2-14H,1H3. The van der Waals surface area contributed by atoms with Gasteiger partial charge in [0, 0.05) is 22.5 Å². The molecule has 5 aromatic rings. The molecule has 0 aliphatic heterocycles. The molecule has 0 spiro atoms. The molecule has 2 aromatic heterocycles. The van der Waals surface area contributed by atoms with E-state index in [1.165, 1.54) is 12.1 Å². The lowest BCUT2D eigenvalue weighted by Crippen LogP contribution is -1.97. The Kier molecular flexibility index (Phi) is 3.79. The highest BCUT2D eigenvalue weighted by Gasteiger charge is 2.17. The summed E-state index contributed by atoms with van der Waals surface area (Å²) >= 11 is 0. The van der Waals surface area contributed by atoms with E-state index in [-0.39, 0.29) is 5.82 Å². The lowest BCUT2D eigenvalue weighted by atomic mass is 10.1. The summed E-state index contributed by atoms with van der Waals surface area (Å²) in [6.45, 7) is 0. The van der Waals surface area contributed by atoms with E-state index in [2.05, 4.69) is 4.98 Å². The zero-order chi connectivity index (χ0) is 19.1. The van der Waals surface area contributed by atoms with Crippen molar-refractivity contribution >= 4 is 21.8 Å². The number of aromatic nitrogens is 3. The highest BCUT2D eigenvalue weighted by Crippen LogP contribution is 2.34. The van der Waals surface area contributed by atoms with Crippen LogP contribution in [-0.4, -0.2) is 21.9 Å². The van der Waals surface area contributed by atoms with Crippen LogP contribution in [0.15, 0.2) is 79.0 Å². The first-order valence-electron chi connectivity index (χ1n) is 8.91. The van der Waals surface area contributed by atoms with Crippen LogP contribution in [0, 0.1) is 5.82 Å². The molecule has 4 nitrogen and oxygen atoms in total. The van der Waals surface area contributed by atoms with Crippen LogP contribution in [0.5, 0.6) is 5.75 Å². The van der Waals surface area contributed by atoms with Crippen LogP contribution in [0.4, 0.5) is 4.39 Å². The second-order valence-electron chi connectivity index (χ2n) is 6.51. The van der Waals surface area contributed by atoms with Gasteiger partial charge in [-0.15, -0.1) is 0 Å². The third-order valence-corrected chi connectivity index (χ3v) is 4.83. The van der Waals surface area contributed by atoms with Crippen molar-refractivity contribution in [1.82, 2.24) is 14.8 Å². The first-order chi connectivity index (χ1) is 13.7. The van der Waals surface area contributed by atoms with Crippen molar-refractivity contribution in [2.45, 2.75) is 0 Å². The van der Waals surface area contributed by atoms with Gasteiger partial charge in [0.15, 0.2) is 0 Å². The highest BCUT2D eigenvalue weighted by atomic mass is 19.1. The summed E-state index contributed by atoms with van der Waals surface area (Å²) in [6, 6.07) is 22.1. The lowest BCUT2D eigenvalue weighted by Gasteiger charge is -2.07. The molecule has 0 radical (unpaired) electrons. The molecule has 0 aliphatic rings. The van der Waals surface area contributed by atoms with Crippen molar-refractivity contribution in [1.29, 1.82) is 0 Å². The molecule has 0 fully saturated rings. The van der Waals surface area contributed by atoms with Gasteiger partial charge in [0.25, 0.3) is 0 Å². The average molecular weight is 369 g/mol. The van der Waals surface area contributed by atoms with Crippen LogP contribution in [0.2, 0.25) is 0 Å². The zero-order valence-corrected chi connectivity index (χ0v) is 15.1. The van der Waals surface area contributed by atoms with Crippen LogP contribution in [0.25, 0.3) is 38.8 Å². The maximum absolute atomic E-state index is 13.5. The first-order valence-corrected chi connectivity index (χ1v) is 8.91. The highest BCUT2D eigenvalue weighted by molar-refractivity contribution is 6.09. The summed E-state index contributed by atoms with van der Waals surface area (Å²) in [7, 11) is 1.64. The van der Waals surface area contributed by atoms with E-state index in [0.29, 0.717) is 0 Å². The van der Waals surface area contributed by atoms with E-state index in [1.807, 2.05) is 59.4 Å². The Bertz CT molecular complexity index is 1290. The molecule has 5 heteroatoms. The predicted molar refractivity (Wildman–Crippen MR) is 108 cm³/mol. The van der Waals surface area contributed by atoms with Gasteiger partial charge < -0.3 is 4.74 Å². The van der Waals surface area contributed by atoms with Gasteiger partial charge in [-0.05, 0) is 42.5 Å². The summed E-state index contributed by atoms with van der Waals surface area (Å²) in [5.74, 6) is 0.464. The second-order valence-corrected chi connectivity index (χ2v) is 6.51. The van der Waals surface area contributed by atoms with Crippen molar-refractivity contribution in [2.75, 3.05) is 7.11 Å². The van der Waals surface area contributed by atoms with E-state index >= 15 is 0 Å². The quantitative estimate of drug-likeness (QED) is 0.428. The third-order valence-electron chi connectivity index (χ3n) is 4.83. The molecule has 0 bridgehead atoms. The molecule has 0 unspecified atom stereocenters. The number of hydrogen-bond acceptors (Lipinski definition) is 3. The topological polar surface area (TPSA) is 39.9 Å². The van der Waals surface area contributed by atoms with Gasteiger partial charge in [0.2, 0.25) is 0 Å². The Hall–Kier alpha value is -3.73. The van der Waals surface area contributed by atoms with Gasteiger partial charge in [-0.25, -0.2) is 9.07 Å². The monoisotopic (exact) mass is 369 g/mol. The smallest absolute Gasteiger partial charge is 0.123 e. The maximum atomic E-state index is 13.5. The molecule has 28 heavy (non-hydrogen) atoms. The van der Waals surface area contributed by atoms with Crippen LogP contribution >= 0.6 is 0 Å². The summed E-state index contributed by atoms with van der Waals surface area (Å²) in [6.07, 6.45) is 1.85. The van der Waals surface area contributed by atoms with Crippen molar-refractivity contribution in [3.63, 3.8) is 0 Å². The van der Waals surface area contributed by atoms with Crippen molar-refractivity contribution in [3.05, 3.63) is 84.8 Å². The number of pyridine rings is 1. The molecule has 2 heterocycles. The Morgan fingerprint density at radius 2 is 1.68 bits per heavy atom. The predicted octanol–water partition coefficient (Wildman–Crippen LogP) is 5.39. The fourth-order valence-corrected chi connectivity index (χ4v) is 3.47. The zero-order valence-electron chi connectivity index (χ0n) is 15.1. The van der Waals surface area contributed by atoms with Crippen LogP contribution < -0.4 is 4.74 Å². The largest absolute Gasteiger partial charge is 0.497 e. The number of ether oxygens (including phenoxy) is 1. The van der Waals surface area contributed by atoms with Crippen molar-refractivity contribution in [3.8, 4) is 22.7 Å². The summed E-state index contributed by atoms with van der Waals surface area (Å²) < 4.78 is 20.7. The first kappa shape index (κ1) is 16.4. The number of fused-ring (bicyclic) bond motifs is 3. The molecule has 0 saturated heterocycles. The van der Waals surface area contributed by atoms with E-state index < -0.39 is 0 Å². The Morgan fingerprint density at radius 3 is 2.43 bits per heavy atom. The Labute approximate surface area is 160 Å².